The number of nitrogens with zero attached hydrogens (tertiary/aromatic N) is 3. The summed E-state index contributed by atoms with van der Waals surface area (Å²) in [5, 5.41) is 9.44. The summed E-state index contributed by atoms with van der Waals surface area (Å²) in [5.41, 5.74) is -0.146. The summed E-state index contributed by atoms with van der Waals surface area (Å²) in [4.78, 5) is 32.1. The number of rotatable bonds is 2. The Morgan fingerprint density at radius 1 is 1.67 bits per heavy atom. The summed E-state index contributed by atoms with van der Waals surface area (Å²) in [5.74, 6) is -1.02. The molecule has 1 aromatic rings. The van der Waals surface area contributed by atoms with Gasteiger partial charge in [0.25, 0.3) is 0 Å². The van der Waals surface area contributed by atoms with Crippen LogP contribution in [-0.4, -0.2) is 46.7 Å². The van der Waals surface area contributed by atoms with Gasteiger partial charge in [-0.3, -0.25) is 9.69 Å². The predicted molar refractivity (Wildman–Crippen MR) is 61.4 cm³/mol. The van der Waals surface area contributed by atoms with Crippen molar-refractivity contribution in [1.29, 1.82) is 0 Å². The van der Waals surface area contributed by atoms with Crippen LogP contribution in [0, 0.1) is 0 Å². The zero-order valence-corrected chi connectivity index (χ0v) is 10.2. The number of esters is 1. The first kappa shape index (κ1) is 12.7. The lowest BCUT2D eigenvalue weighted by atomic mass is 10.3. The SMILES string of the molecule is COC(=O)c1nc(Cl)cnc1N1CC(O)CC1=O. The van der Waals surface area contributed by atoms with Gasteiger partial charge in [-0.1, -0.05) is 11.6 Å². The molecule has 0 aromatic carbocycles. The maximum absolute atomic E-state index is 11.6. The molecule has 0 bridgehead atoms. The Hall–Kier alpha value is -1.73. The van der Waals surface area contributed by atoms with E-state index < -0.39 is 12.1 Å². The average Bonchev–Trinajstić information content (AvgIpc) is 2.67. The van der Waals surface area contributed by atoms with Gasteiger partial charge in [0, 0.05) is 0 Å². The van der Waals surface area contributed by atoms with Crippen LogP contribution in [0.1, 0.15) is 16.9 Å². The van der Waals surface area contributed by atoms with Crippen LogP contribution in [0.2, 0.25) is 5.15 Å². The largest absolute Gasteiger partial charge is 0.464 e. The molecule has 0 aliphatic carbocycles. The van der Waals surface area contributed by atoms with Gasteiger partial charge in [-0.2, -0.15) is 0 Å². The van der Waals surface area contributed by atoms with E-state index in [1.807, 2.05) is 0 Å². The molecule has 96 valence electrons. The maximum Gasteiger partial charge on any atom is 0.360 e. The molecular formula is C10H10ClN3O4. The van der Waals surface area contributed by atoms with Crippen LogP contribution in [0.25, 0.3) is 0 Å². The van der Waals surface area contributed by atoms with Crippen LogP contribution in [0.15, 0.2) is 6.20 Å². The molecule has 7 nitrogen and oxygen atoms in total. The van der Waals surface area contributed by atoms with Gasteiger partial charge < -0.3 is 9.84 Å². The second-order valence-electron chi connectivity index (χ2n) is 3.72. The lowest BCUT2D eigenvalue weighted by Gasteiger charge is -2.16. The van der Waals surface area contributed by atoms with E-state index in [0.29, 0.717) is 0 Å². The Balaban J connectivity index is 2.44. The zero-order valence-electron chi connectivity index (χ0n) is 9.46. The van der Waals surface area contributed by atoms with E-state index in [1.165, 1.54) is 18.2 Å². The number of hydrogen-bond acceptors (Lipinski definition) is 6. The van der Waals surface area contributed by atoms with Crippen LogP contribution in [0.5, 0.6) is 0 Å². The molecule has 1 unspecified atom stereocenters. The Bertz CT molecular complexity index is 508. The highest BCUT2D eigenvalue weighted by atomic mass is 35.5. The molecule has 1 atom stereocenters. The minimum Gasteiger partial charge on any atom is -0.464 e. The second kappa shape index (κ2) is 4.87. The Kier molecular flexibility index (Phi) is 3.44. The lowest BCUT2D eigenvalue weighted by molar-refractivity contribution is -0.117. The minimum atomic E-state index is -0.777. The van der Waals surface area contributed by atoms with Crippen molar-refractivity contribution in [2.24, 2.45) is 0 Å². The number of carbonyl (C=O) groups is 2. The predicted octanol–water partition coefficient (Wildman–Crippen LogP) is 0.0142. The molecule has 18 heavy (non-hydrogen) atoms. The smallest absolute Gasteiger partial charge is 0.360 e. The van der Waals surface area contributed by atoms with Crippen molar-refractivity contribution < 1.29 is 19.4 Å². The molecular weight excluding hydrogens is 262 g/mol. The van der Waals surface area contributed by atoms with Gasteiger partial charge in [-0.05, 0) is 0 Å². The monoisotopic (exact) mass is 271 g/mol. The number of carbonyl (C=O) groups excluding carboxylic acids is 2. The number of ether oxygens (including phenoxy) is 1. The number of methoxy groups -OCH3 is 1. The Morgan fingerprint density at radius 3 is 2.94 bits per heavy atom. The minimum absolute atomic E-state index is 0.00901. The van der Waals surface area contributed by atoms with Crippen molar-refractivity contribution in [1.82, 2.24) is 9.97 Å². The van der Waals surface area contributed by atoms with Crippen LogP contribution >= 0.6 is 11.6 Å². The van der Waals surface area contributed by atoms with E-state index in [4.69, 9.17) is 11.6 Å². The highest BCUT2D eigenvalue weighted by molar-refractivity contribution is 6.29. The Morgan fingerprint density at radius 2 is 2.39 bits per heavy atom. The number of hydrogen-bond donors (Lipinski definition) is 1. The van der Waals surface area contributed by atoms with Crippen molar-refractivity contribution in [3.63, 3.8) is 0 Å². The standard InChI is InChI=1S/C10H10ClN3O4/c1-18-10(17)8-9(12-3-6(11)13-8)14-4-5(15)2-7(14)16/h3,5,15H,2,4H2,1H3. The fourth-order valence-electron chi connectivity index (χ4n) is 1.69. The molecule has 1 saturated heterocycles. The molecule has 0 spiro atoms. The van der Waals surface area contributed by atoms with E-state index >= 15 is 0 Å². The van der Waals surface area contributed by atoms with Gasteiger partial charge >= 0.3 is 5.97 Å². The van der Waals surface area contributed by atoms with Crippen molar-refractivity contribution in [3.05, 3.63) is 17.0 Å². The van der Waals surface area contributed by atoms with Gasteiger partial charge in [0.05, 0.1) is 32.4 Å². The van der Waals surface area contributed by atoms with Crippen molar-refractivity contribution in [3.8, 4) is 0 Å². The van der Waals surface area contributed by atoms with E-state index in [0.717, 1.165) is 0 Å². The molecule has 0 saturated carbocycles. The topological polar surface area (TPSA) is 92.6 Å². The van der Waals surface area contributed by atoms with Gasteiger partial charge in [0.15, 0.2) is 11.5 Å². The van der Waals surface area contributed by atoms with Crippen LogP contribution < -0.4 is 4.90 Å². The number of amides is 1. The fourth-order valence-corrected chi connectivity index (χ4v) is 1.82. The van der Waals surface area contributed by atoms with Crippen molar-refractivity contribution >= 4 is 29.3 Å². The van der Waals surface area contributed by atoms with Crippen molar-refractivity contribution in [2.75, 3.05) is 18.6 Å². The third-order valence-electron chi connectivity index (χ3n) is 2.46. The molecule has 1 fully saturated rings. The second-order valence-corrected chi connectivity index (χ2v) is 4.11. The Labute approximate surface area is 107 Å². The van der Waals surface area contributed by atoms with Crippen molar-refractivity contribution in [2.45, 2.75) is 12.5 Å². The maximum atomic E-state index is 11.6. The molecule has 1 amide bonds. The van der Waals surface area contributed by atoms with E-state index in [9.17, 15) is 14.7 Å². The quantitative estimate of drug-likeness (QED) is 0.762. The van der Waals surface area contributed by atoms with Gasteiger partial charge in [-0.25, -0.2) is 14.8 Å². The summed E-state index contributed by atoms with van der Waals surface area (Å²) >= 11 is 5.66. The number of halogens is 1. The van der Waals surface area contributed by atoms with Crippen LogP contribution in [-0.2, 0) is 9.53 Å². The van der Waals surface area contributed by atoms with Crippen LogP contribution in [0.4, 0.5) is 5.82 Å². The third-order valence-corrected chi connectivity index (χ3v) is 2.64. The summed E-state index contributed by atoms with van der Waals surface area (Å²) in [6, 6.07) is 0. The van der Waals surface area contributed by atoms with E-state index in [-0.39, 0.29) is 35.5 Å². The third kappa shape index (κ3) is 2.27. The first-order valence-electron chi connectivity index (χ1n) is 5.12. The first-order valence-corrected chi connectivity index (χ1v) is 5.50. The molecule has 0 radical (unpaired) electrons. The molecule has 1 aliphatic rings. The van der Waals surface area contributed by atoms with Gasteiger partial charge in [0.2, 0.25) is 5.91 Å². The normalized spacial score (nSPS) is 19.2. The summed E-state index contributed by atoms with van der Waals surface area (Å²) in [6.07, 6.45) is 0.437. The zero-order chi connectivity index (χ0) is 13.3. The highest BCUT2D eigenvalue weighted by Crippen LogP contribution is 2.23. The molecule has 1 N–H and O–H groups in total. The first-order chi connectivity index (χ1) is 8.52. The molecule has 8 heteroatoms. The molecule has 2 rings (SSSR count). The van der Waals surface area contributed by atoms with Gasteiger partial charge in [0.1, 0.15) is 5.15 Å². The average molecular weight is 272 g/mol. The summed E-state index contributed by atoms with van der Waals surface area (Å²) in [6.45, 7) is 0.0686. The molecule has 2 heterocycles. The lowest BCUT2D eigenvalue weighted by Crippen LogP contribution is -2.29. The summed E-state index contributed by atoms with van der Waals surface area (Å²) in [7, 11) is 1.19. The van der Waals surface area contributed by atoms with E-state index in [2.05, 4.69) is 14.7 Å². The summed E-state index contributed by atoms with van der Waals surface area (Å²) < 4.78 is 4.55. The van der Waals surface area contributed by atoms with Crippen LogP contribution in [0.3, 0.4) is 0 Å². The fraction of sp³-hybridized carbons (Fsp3) is 0.400. The highest BCUT2D eigenvalue weighted by Gasteiger charge is 2.33. The molecule has 1 aliphatic heterocycles. The number of aromatic nitrogens is 2. The van der Waals surface area contributed by atoms with E-state index in [1.54, 1.807) is 0 Å². The number of anilines is 1. The van der Waals surface area contributed by atoms with Gasteiger partial charge in [-0.15, -0.1) is 0 Å². The molecule has 1 aromatic heterocycles. The number of β-amino-alcohol motifs (C(OH)–C–C–N with tert-alkyl or cyclic N) is 1. The number of aliphatic hydroxyl groups excluding tert-OH is 1. The number of aliphatic hydroxyl groups is 1.